The van der Waals surface area contributed by atoms with Crippen LogP contribution in [0.3, 0.4) is 0 Å². The van der Waals surface area contributed by atoms with E-state index in [0.717, 1.165) is 33.2 Å². The minimum atomic E-state index is 0. The molecule has 2 aromatic heterocycles. The first kappa shape index (κ1) is 20.5. The fourth-order valence-corrected chi connectivity index (χ4v) is 1.96. The van der Waals surface area contributed by atoms with Crippen molar-refractivity contribution in [2.45, 2.75) is 13.8 Å². The summed E-state index contributed by atoms with van der Waals surface area (Å²) >= 11 is 0. The van der Waals surface area contributed by atoms with Crippen molar-refractivity contribution in [1.29, 1.82) is 0 Å². The number of nitrogens with zero attached hydrogens (tertiary/aromatic N) is 2. The third kappa shape index (κ3) is 3.40. The zero-order chi connectivity index (χ0) is 11.1. The van der Waals surface area contributed by atoms with Gasteiger partial charge in [0.1, 0.15) is 0 Å². The highest BCUT2D eigenvalue weighted by Crippen LogP contribution is 2.22. The van der Waals surface area contributed by atoms with Gasteiger partial charge in [-0.1, -0.05) is 24.3 Å². The molecule has 0 fully saturated rings. The van der Waals surface area contributed by atoms with Crippen LogP contribution >= 0.6 is 12.4 Å². The second-order valence-electron chi connectivity index (χ2n) is 4.11. The van der Waals surface area contributed by atoms with E-state index in [-0.39, 0.29) is 28.8 Å². The Morgan fingerprint density at radius 1 is 0.600 bits per heavy atom. The molecule has 5 nitrogen and oxygen atoms in total. The highest BCUT2D eigenvalue weighted by Gasteiger charge is 2.03. The summed E-state index contributed by atoms with van der Waals surface area (Å²) in [6.07, 6.45) is 0. The molecule has 3 rings (SSSR count). The maximum absolute atomic E-state index is 4.58. The highest BCUT2D eigenvalue weighted by atomic mass is 35.5. The normalized spacial score (nSPS) is 8.90. The van der Waals surface area contributed by atoms with Crippen molar-refractivity contribution < 1.29 is 16.4 Å². The third-order valence-corrected chi connectivity index (χ3v) is 2.80. The molecule has 1 aromatic carbocycles. The van der Waals surface area contributed by atoms with E-state index in [1.165, 1.54) is 0 Å². The van der Waals surface area contributed by atoms with E-state index >= 15 is 0 Å². The predicted molar refractivity (Wildman–Crippen MR) is 84.6 cm³/mol. The molecule has 0 saturated heterocycles. The molecule has 2 heterocycles. The molecule has 6 N–H and O–H groups in total. The van der Waals surface area contributed by atoms with Crippen molar-refractivity contribution in [2.75, 3.05) is 0 Å². The Labute approximate surface area is 123 Å². The molecule has 0 unspecified atom stereocenters. The Morgan fingerprint density at radius 3 is 1.25 bits per heavy atom. The summed E-state index contributed by atoms with van der Waals surface area (Å²) < 4.78 is 0. The number of hydrogen-bond donors (Lipinski definition) is 0. The molecule has 0 aliphatic carbocycles. The van der Waals surface area contributed by atoms with Crippen LogP contribution in [0.15, 0.2) is 36.4 Å². The summed E-state index contributed by atoms with van der Waals surface area (Å²) in [5, 5.41) is 2.30. The van der Waals surface area contributed by atoms with Gasteiger partial charge in [-0.15, -0.1) is 12.4 Å². The molecule has 0 spiro atoms. The van der Waals surface area contributed by atoms with Gasteiger partial charge in [0.25, 0.3) is 0 Å². The van der Waals surface area contributed by atoms with Gasteiger partial charge in [-0.25, -0.2) is 0 Å². The molecule has 3 aromatic rings. The van der Waals surface area contributed by atoms with Gasteiger partial charge in [0.15, 0.2) is 0 Å². The summed E-state index contributed by atoms with van der Waals surface area (Å²) in [6, 6.07) is 12.5. The smallest absolute Gasteiger partial charge is 0.0967 e. The van der Waals surface area contributed by atoms with Gasteiger partial charge in [0, 0.05) is 22.2 Å². The van der Waals surface area contributed by atoms with Crippen LogP contribution in [0.2, 0.25) is 0 Å². The van der Waals surface area contributed by atoms with Gasteiger partial charge in [-0.3, -0.25) is 9.97 Å². The zero-order valence-electron chi connectivity index (χ0n) is 11.3. The first-order valence-electron chi connectivity index (χ1n) is 5.38. The average molecular weight is 299 g/mol. The number of rotatable bonds is 0. The SMILES string of the molecule is Cc1ccc2ccc3ccc(C)nc3c2n1.Cl.O.O.O. The van der Waals surface area contributed by atoms with Gasteiger partial charge in [0.05, 0.1) is 11.0 Å². The summed E-state index contributed by atoms with van der Waals surface area (Å²) in [6.45, 7) is 4.02. The lowest BCUT2D eigenvalue weighted by molar-refractivity contribution is 0.823. The second-order valence-corrected chi connectivity index (χ2v) is 4.11. The van der Waals surface area contributed by atoms with Crippen LogP contribution in [0, 0.1) is 13.8 Å². The lowest BCUT2D eigenvalue weighted by Crippen LogP contribution is -1.89. The molecule has 0 bridgehead atoms. The predicted octanol–water partition coefficient (Wildman–Crippen LogP) is 1.35. The number of aryl methyl sites for hydroxylation is 2. The first-order valence-corrected chi connectivity index (χ1v) is 5.38. The van der Waals surface area contributed by atoms with E-state index in [1.54, 1.807) is 0 Å². The third-order valence-electron chi connectivity index (χ3n) is 2.80. The van der Waals surface area contributed by atoms with Crippen molar-refractivity contribution in [2.24, 2.45) is 0 Å². The molecule has 20 heavy (non-hydrogen) atoms. The van der Waals surface area contributed by atoms with Crippen LogP contribution in [0.1, 0.15) is 11.4 Å². The molecular formula is C14H19ClN2O3. The van der Waals surface area contributed by atoms with Crippen LogP contribution in [-0.4, -0.2) is 26.4 Å². The van der Waals surface area contributed by atoms with Crippen LogP contribution in [0.4, 0.5) is 0 Å². The Morgan fingerprint density at radius 2 is 0.900 bits per heavy atom. The quantitative estimate of drug-likeness (QED) is 0.582. The highest BCUT2D eigenvalue weighted by molar-refractivity contribution is 6.02. The maximum atomic E-state index is 4.58. The fraction of sp³-hybridized carbons (Fsp3) is 0.143. The van der Waals surface area contributed by atoms with E-state index in [1.807, 2.05) is 26.0 Å². The van der Waals surface area contributed by atoms with Crippen molar-refractivity contribution in [1.82, 2.24) is 9.97 Å². The lowest BCUT2D eigenvalue weighted by atomic mass is 10.1. The Hall–Kier alpha value is -1.79. The van der Waals surface area contributed by atoms with E-state index < -0.39 is 0 Å². The largest absolute Gasteiger partial charge is 0.412 e. The van der Waals surface area contributed by atoms with Crippen molar-refractivity contribution in [3.63, 3.8) is 0 Å². The van der Waals surface area contributed by atoms with E-state index in [9.17, 15) is 0 Å². The second kappa shape index (κ2) is 7.72. The number of halogens is 1. The molecule has 110 valence electrons. The van der Waals surface area contributed by atoms with E-state index in [4.69, 9.17) is 0 Å². The van der Waals surface area contributed by atoms with Crippen molar-refractivity contribution >= 4 is 34.2 Å². The van der Waals surface area contributed by atoms with Crippen LogP contribution in [0.25, 0.3) is 21.8 Å². The molecule has 6 heteroatoms. The van der Waals surface area contributed by atoms with Crippen molar-refractivity contribution in [3.8, 4) is 0 Å². The monoisotopic (exact) mass is 298 g/mol. The average Bonchev–Trinajstić information content (AvgIpc) is 2.29. The van der Waals surface area contributed by atoms with E-state index in [0.29, 0.717) is 0 Å². The molecule has 0 aliphatic heterocycles. The molecule has 0 aliphatic rings. The Bertz CT molecular complexity index is 644. The van der Waals surface area contributed by atoms with Crippen LogP contribution in [-0.2, 0) is 0 Å². The first-order chi connectivity index (χ1) is 7.74. The number of fused-ring (bicyclic) bond motifs is 3. The van der Waals surface area contributed by atoms with Crippen LogP contribution in [0.5, 0.6) is 0 Å². The van der Waals surface area contributed by atoms with Gasteiger partial charge >= 0.3 is 0 Å². The Balaban J connectivity index is 0. The standard InChI is InChI=1S/C14H12N2.ClH.3H2O/c1-9-3-5-11-7-8-12-6-4-10(2)16-14(12)13(11)15-9;;;;/h3-8H,1-2H3;1H;3*1H2. The van der Waals surface area contributed by atoms with E-state index in [2.05, 4.69) is 34.2 Å². The Kier molecular flexibility index (Phi) is 7.92. The van der Waals surface area contributed by atoms with Gasteiger partial charge in [0.2, 0.25) is 0 Å². The number of aromatic nitrogens is 2. The summed E-state index contributed by atoms with van der Waals surface area (Å²) in [5.74, 6) is 0. The molecular weight excluding hydrogens is 280 g/mol. The molecule has 0 saturated carbocycles. The molecule has 0 radical (unpaired) electrons. The van der Waals surface area contributed by atoms with Crippen molar-refractivity contribution in [3.05, 3.63) is 47.8 Å². The minimum Gasteiger partial charge on any atom is -0.412 e. The summed E-state index contributed by atoms with van der Waals surface area (Å²) in [7, 11) is 0. The number of pyridine rings is 2. The lowest BCUT2D eigenvalue weighted by Gasteiger charge is -2.04. The summed E-state index contributed by atoms with van der Waals surface area (Å²) in [5.41, 5.74) is 4.06. The molecule has 0 atom stereocenters. The van der Waals surface area contributed by atoms with Crippen LogP contribution < -0.4 is 0 Å². The van der Waals surface area contributed by atoms with Gasteiger partial charge in [-0.2, -0.15) is 0 Å². The number of benzene rings is 1. The van der Waals surface area contributed by atoms with Gasteiger partial charge < -0.3 is 16.4 Å². The van der Waals surface area contributed by atoms with Gasteiger partial charge in [-0.05, 0) is 26.0 Å². The maximum Gasteiger partial charge on any atom is 0.0967 e. The summed E-state index contributed by atoms with van der Waals surface area (Å²) in [4.78, 5) is 9.16. The fourth-order valence-electron chi connectivity index (χ4n) is 1.96. The number of hydrogen-bond acceptors (Lipinski definition) is 2. The minimum absolute atomic E-state index is 0. The topological polar surface area (TPSA) is 120 Å². The zero-order valence-corrected chi connectivity index (χ0v) is 12.1. The molecule has 0 amide bonds.